The van der Waals surface area contributed by atoms with E-state index in [0.717, 1.165) is 0 Å². The number of hydrogen-bond acceptors (Lipinski definition) is 1. The minimum absolute atomic E-state index is 0.0250. The van der Waals surface area contributed by atoms with Crippen LogP contribution >= 0.6 is 0 Å². The molecule has 1 aliphatic carbocycles. The van der Waals surface area contributed by atoms with Gasteiger partial charge in [-0.25, -0.2) is 0 Å². The van der Waals surface area contributed by atoms with E-state index in [0.29, 0.717) is 6.42 Å². The highest BCUT2D eigenvalue weighted by atomic mass is 19.4. The summed E-state index contributed by atoms with van der Waals surface area (Å²) in [4.78, 5) is 10.5. The number of alkyl halides is 5. The topological polar surface area (TPSA) is 29.1 Å². The van der Waals surface area contributed by atoms with Gasteiger partial charge < -0.3 is 5.32 Å². The average Bonchev–Trinajstić information content (AvgIpc) is 2.63. The maximum Gasteiger partial charge on any atom is 0.463 e. The van der Waals surface area contributed by atoms with Gasteiger partial charge in [0.15, 0.2) is 0 Å². The highest BCUT2D eigenvalue weighted by molar-refractivity contribution is 5.84. The molecular formula is C7H8F5NO. The van der Waals surface area contributed by atoms with Crippen molar-refractivity contribution in [1.82, 2.24) is 5.32 Å². The molecule has 0 aliphatic heterocycles. The van der Waals surface area contributed by atoms with Gasteiger partial charge in [0.25, 0.3) is 0 Å². The molecule has 0 aromatic carbocycles. The summed E-state index contributed by atoms with van der Waals surface area (Å²) in [5.74, 6) is -7.59. The minimum Gasteiger partial charge on any atom is -0.348 e. The molecule has 0 aromatic rings. The number of hydrogen-bond donors (Lipinski definition) is 1. The van der Waals surface area contributed by atoms with E-state index in [1.807, 2.05) is 0 Å². The zero-order valence-corrected chi connectivity index (χ0v) is 7.16. The van der Waals surface area contributed by atoms with Crippen molar-refractivity contribution in [2.24, 2.45) is 5.92 Å². The molecule has 1 aliphatic rings. The first kappa shape index (κ1) is 11.2. The van der Waals surface area contributed by atoms with Crippen molar-refractivity contribution >= 4 is 5.91 Å². The zero-order chi connectivity index (χ0) is 11.1. The van der Waals surface area contributed by atoms with Crippen LogP contribution in [0.3, 0.4) is 0 Å². The second-order valence-corrected chi connectivity index (χ2v) is 3.37. The molecule has 0 aromatic heterocycles. The molecule has 82 valence electrons. The van der Waals surface area contributed by atoms with Gasteiger partial charge in [0, 0.05) is 6.04 Å². The lowest BCUT2D eigenvalue weighted by Gasteiger charge is -2.18. The van der Waals surface area contributed by atoms with Crippen LogP contribution in [-0.2, 0) is 4.79 Å². The molecule has 0 bridgehead atoms. The summed E-state index contributed by atoms with van der Waals surface area (Å²) in [7, 11) is 0. The molecule has 2 unspecified atom stereocenters. The van der Waals surface area contributed by atoms with E-state index >= 15 is 0 Å². The standard InChI is InChI=1S/C7H8F5NO/c1-3-2-4(3)13-5(14)6(8,9)7(10,11)12/h3-4H,2H2,1H3,(H,13,14). The first-order valence-electron chi connectivity index (χ1n) is 3.91. The van der Waals surface area contributed by atoms with Crippen LogP contribution in [0.2, 0.25) is 0 Å². The monoisotopic (exact) mass is 217 g/mol. The molecule has 7 heteroatoms. The molecule has 1 N–H and O–H groups in total. The van der Waals surface area contributed by atoms with Crippen molar-refractivity contribution < 1.29 is 26.7 Å². The van der Waals surface area contributed by atoms with Crippen molar-refractivity contribution in [3.05, 3.63) is 0 Å². The van der Waals surface area contributed by atoms with Crippen LogP contribution < -0.4 is 5.32 Å². The molecule has 1 saturated carbocycles. The Morgan fingerprint density at radius 1 is 1.29 bits per heavy atom. The Morgan fingerprint density at radius 2 is 1.71 bits per heavy atom. The van der Waals surface area contributed by atoms with Gasteiger partial charge in [0.05, 0.1) is 0 Å². The third kappa shape index (κ3) is 1.96. The molecule has 0 spiro atoms. The highest BCUT2D eigenvalue weighted by Gasteiger charge is 2.64. The van der Waals surface area contributed by atoms with E-state index in [1.54, 1.807) is 12.2 Å². The van der Waals surface area contributed by atoms with Crippen molar-refractivity contribution in [3.8, 4) is 0 Å². The van der Waals surface area contributed by atoms with E-state index in [-0.39, 0.29) is 5.92 Å². The van der Waals surface area contributed by atoms with Crippen molar-refractivity contribution in [1.29, 1.82) is 0 Å². The molecule has 0 saturated heterocycles. The SMILES string of the molecule is CC1CC1NC(=O)C(F)(F)C(F)(F)F. The fourth-order valence-electron chi connectivity index (χ4n) is 0.911. The molecule has 1 rings (SSSR count). The van der Waals surface area contributed by atoms with E-state index in [1.165, 1.54) is 0 Å². The highest BCUT2D eigenvalue weighted by Crippen LogP contribution is 2.37. The smallest absolute Gasteiger partial charge is 0.348 e. The summed E-state index contributed by atoms with van der Waals surface area (Å²) >= 11 is 0. The van der Waals surface area contributed by atoms with Crippen LogP contribution in [0.25, 0.3) is 0 Å². The Labute approximate surface area is 76.5 Å². The lowest BCUT2D eigenvalue weighted by Crippen LogP contribution is -2.51. The lowest BCUT2D eigenvalue weighted by atomic mass is 10.3. The predicted octanol–water partition coefficient (Wildman–Crippen LogP) is 1.71. The van der Waals surface area contributed by atoms with E-state index < -0.39 is 24.0 Å². The maximum absolute atomic E-state index is 12.3. The molecule has 0 radical (unpaired) electrons. The van der Waals surface area contributed by atoms with Crippen molar-refractivity contribution in [2.45, 2.75) is 31.5 Å². The second-order valence-electron chi connectivity index (χ2n) is 3.37. The maximum atomic E-state index is 12.3. The predicted molar refractivity (Wildman–Crippen MR) is 36.7 cm³/mol. The summed E-state index contributed by atoms with van der Waals surface area (Å²) in [6, 6.07) is -0.546. The number of amides is 1. The van der Waals surface area contributed by atoms with E-state index in [2.05, 4.69) is 0 Å². The molecular weight excluding hydrogens is 209 g/mol. The molecule has 2 atom stereocenters. The summed E-state index contributed by atoms with van der Waals surface area (Å²) in [6.45, 7) is 1.65. The summed E-state index contributed by atoms with van der Waals surface area (Å²) in [5, 5.41) is 1.64. The van der Waals surface area contributed by atoms with Crippen LogP contribution in [0.15, 0.2) is 0 Å². The first-order valence-corrected chi connectivity index (χ1v) is 3.91. The summed E-state index contributed by atoms with van der Waals surface area (Å²) in [5.41, 5.74) is 0. The zero-order valence-electron chi connectivity index (χ0n) is 7.16. The van der Waals surface area contributed by atoms with Gasteiger partial charge in [-0.3, -0.25) is 4.79 Å². The lowest BCUT2D eigenvalue weighted by molar-refractivity contribution is -0.269. The Kier molecular flexibility index (Phi) is 2.45. The third-order valence-corrected chi connectivity index (χ3v) is 2.07. The van der Waals surface area contributed by atoms with Gasteiger partial charge >= 0.3 is 18.0 Å². The van der Waals surface area contributed by atoms with Crippen LogP contribution in [0.5, 0.6) is 0 Å². The largest absolute Gasteiger partial charge is 0.463 e. The average molecular weight is 217 g/mol. The van der Waals surface area contributed by atoms with Crippen molar-refractivity contribution in [3.63, 3.8) is 0 Å². The van der Waals surface area contributed by atoms with Crippen LogP contribution in [0.1, 0.15) is 13.3 Å². The number of rotatable bonds is 2. The Morgan fingerprint density at radius 3 is 2.00 bits per heavy atom. The quantitative estimate of drug-likeness (QED) is 0.701. The molecule has 2 nitrogen and oxygen atoms in total. The fourth-order valence-corrected chi connectivity index (χ4v) is 0.911. The fraction of sp³-hybridized carbons (Fsp3) is 0.857. The van der Waals surface area contributed by atoms with Crippen LogP contribution in [0.4, 0.5) is 22.0 Å². The Hall–Kier alpha value is -0.880. The summed E-state index contributed by atoms with van der Waals surface area (Å²) in [6.07, 6.45) is -5.38. The van der Waals surface area contributed by atoms with E-state index in [4.69, 9.17) is 0 Å². The minimum atomic E-state index is -5.82. The Balaban J connectivity index is 2.59. The van der Waals surface area contributed by atoms with E-state index in [9.17, 15) is 26.7 Å². The first-order chi connectivity index (χ1) is 6.16. The van der Waals surface area contributed by atoms with Gasteiger partial charge in [-0.15, -0.1) is 0 Å². The van der Waals surface area contributed by atoms with Gasteiger partial charge in [0.1, 0.15) is 0 Å². The third-order valence-electron chi connectivity index (χ3n) is 2.07. The van der Waals surface area contributed by atoms with Gasteiger partial charge in [-0.05, 0) is 12.3 Å². The molecule has 1 amide bonds. The Bertz CT molecular complexity index is 249. The number of carbonyl (C=O) groups is 1. The van der Waals surface area contributed by atoms with Gasteiger partial charge in [0.2, 0.25) is 0 Å². The van der Waals surface area contributed by atoms with Gasteiger partial charge in [-0.2, -0.15) is 22.0 Å². The summed E-state index contributed by atoms with van der Waals surface area (Å²) < 4.78 is 59.5. The second kappa shape index (κ2) is 3.06. The molecule has 14 heavy (non-hydrogen) atoms. The molecule has 0 heterocycles. The number of nitrogens with one attached hydrogen (secondary N) is 1. The van der Waals surface area contributed by atoms with Gasteiger partial charge in [-0.1, -0.05) is 6.92 Å². The van der Waals surface area contributed by atoms with Crippen molar-refractivity contribution in [2.75, 3.05) is 0 Å². The molecule has 1 fully saturated rings. The number of halogens is 5. The normalized spacial score (nSPS) is 27.3. The van der Waals surface area contributed by atoms with Crippen LogP contribution in [-0.4, -0.2) is 24.0 Å². The van der Waals surface area contributed by atoms with Crippen LogP contribution in [0, 0.1) is 5.92 Å². The number of carbonyl (C=O) groups excluding carboxylic acids is 1.